The molecule has 2 saturated heterocycles. The van der Waals surface area contributed by atoms with E-state index in [0.717, 1.165) is 23.1 Å². The van der Waals surface area contributed by atoms with Crippen LogP contribution in [0.25, 0.3) is 0 Å². The summed E-state index contributed by atoms with van der Waals surface area (Å²) in [6.45, 7) is 0.0932. The first-order chi connectivity index (χ1) is 15.8. The Labute approximate surface area is 198 Å². The highest BCUT2D eigenvalue weighted by Crippen LogP contribution is 2.44. The Balaban J connectivity index is 1.40. The number of nitrogens with two attached hydrogens (primary N) is 1. The van der Waals surface area contributed by atoms with Gasteiger partial charge in [0, 0.05) is 23.4 Å². The van der Waals surface area contributed by atoms with Crippen LogP contribution in [-0.4, -0.2) is 88.2 Å². The molecule has 2 amide bonds. The number of ketones is 1. The van der Waals surface area contributed by atoms with E-state index in [-0.39, 0.29) is 35.4 Å². The molecule has 2 aliphatic rings. The molecule has 0 aromatic carbocycles. The van der Waals surface area contributed by atoms with Crippen LogP contribution in [-0.2, 0) is 20.9 Å². The molecule has 2 aliphatic heterocycles. The van der Waals surface area contributed by atoms with E-state index in [9.17, 15) is 24.3 Å². The summed E-state index contributed by atoms with van der Waals surface area (Å²) in [5.41, 5.74) is 4.14. The van der Waals surface area contributed by atoms with Crippen LogP contribution in [0.2, 0.25) is 0 Å². The van der Waals surface area contributed by atoms with Crippen molar-refractivity contribution in [3.8, 4) is 12.3 Å². The molecule has 0 bridgehead atoms. The quantitative estimate of drug-likeness (QED) is 0.127. The lowest BCUT2D eigenvalue weighted by molar-refractivity contribution is -0.157. The number of carboxylic acids is 1. The number of β-lactam (4-membered cyclic amide) rings is 1. The molecule has 0 saturated carbocycles. The number of amides is 2. The van der Waals surface area contributed by atoms with Crippen molar-refractivity contribution in [1.82, 2.24) is 35.4 Å². The van der Waals surface area contributed by atoms with Gasteiger partial charge in [0.15, 0.2) is 5.13 Å². The van der Waals surface area contributed by atoms with Gasteiger partial charge in [0.25, 0.3) is 11.7 Å². The molecule has 13 nitrogen and oxygen atoms in total. The fourth-order valence-corrected chi connectivity index (χ4v) is 6.59. The second-order valence-corrected chi connectivity index (χ2v) is 10.2. The first kappa shape index (κ1) is 23.0. The molecule has 3 atom stereocenters. The normalized spacial score (nSPS) is 23.8. The molecule has 4 heterocycles. The minimum absolute atomic E-state index is 0.0501. The average Bonchev–Trinajstić information content (AvgIpc) is 3.44. The van der Waals surface area contributed by atoms with Gasteiger partial charge in [-0.25, -0.2) is 9.67 Å². The smallest absolute Gasteiger partial charge is 0.313 e. The number of terminal acetylenes is 1. The highest BCUT2D eigenvalue weighted by atomic mass is 32.2. The largest absolute Gasteiger partial charge is 0.481 e. The molecule has 4 N–H and O–H groups in total. The second-order valence-electron chi connectivity index (χ2n) is 7.22. The summed E-state index contributed by atoms with van der Waals surface area (Å²) >= 11 is 3.39. The highest BCUT2D eigenvalue weighted by Gasteiger charge is 2.57. The summed E-state index contributed by atoms with van der Waals surface area (Å²) in [6, 6.07) is -0.926. The van der Waals surface area contributed by atoms with Gasteiger partial charge in [0.05, 0.1) is 0 Å². The fraction of sp³-hybridized carbons (Fsp3) is 0.412. The van der Waals surface area contributed by atoms with E-state index in [4.69, 9.17) is 12.2 Å². The number of fused-ring (bicyclic) bond motifs is 1. The van der Waals surface area contributed by atoms with Gasteiger partial charge < -0.3 is 21.1 Å². The minimum atomic E-state index is -1.25. The van der Waals surface area contributed by atoms with Crippen LogP contribution >= 0.6 is 34.9 Å². The molecule has 0 aliphatic carbocycles. The number of hydrogen-bond donors (Lipinski definition) is 3. The summed E-state index contributed by atoms with van der Waals surface area (Å²) in [4.78, 5) is 54.5. The Kier molecular flexibility index (Phi) is 6.28. The number of nitrogen functional groups attached to an aromatic ring is 1. The lowest BCUT2D eigenvalue weighted by Gasteiger charge is -2.53. The zero-order valence-corrected chi connectivity index (χ0v) is 19.2. The van der Waals surface area contributed by atoms with Gasteiger partial charge in [-0.15, -0.1) is 34.6 Å². The van der Waals surface area contributed by atoms with Crippen LogP contribution in [0.4, 0.5) is 5.13 Å². The molecule has 2 fully saturated rings. The van der Waals surface area contributed by atoms with Crippen molar-refractivity contribution in [2.75, 3.05) is 23.8 Å². The van der Waals surface area contributed by atoms with Crippen LogP contribution < -0.4 is 11.1 Å². The van der Waals surface area contributed by atoms with Gasteiger partial charge >= 0.3 is 5.97 Å². The van der Waals surface area contributed by atoms with Crippen LogP contribution in [0.3, 0.4) is 0 Å². The Hall–Kier alpha value is -3.16. The summed E-state index contributed by atoms with van der Waals surface area (Å²) in [5, 5.41) is 24.9. The third-order valence-electron chi connectivity index (χ3n) is 5.06. The van der Waals surface area contributed by atoms with Gasteiger partial charge in [-0.3, -0.25) is 19.2 Å². The summed E-state index contributed by atoms with van der Waals surface area (Å²) in [5.74, 6) is -0.674. The number of carbonyl (C=O) groups excluding carboxylic acids is 3. The molecule has 33 heavy (non-hydrogen) atoms. The Morgan fingerprint density at radius 3 is 2.91 bits per heavy atom. The molecule has 2 aromatic rings. The SMILES string of the molecule is C#CCn1nnnc1SCC1(C(=O)O)CS[C@@H]2C(NC(=O)C(=O)c3csc(N)n3)C(=O)N2C1. The first-order valence-electron chi connectivity index (χ1n) is 9.30. The van der Waals surface area contributed by atoms with Crippen molar-refractivity contribution in [2.45, 2.75) is 23.1 Å². The number of nitrogens with one attached hydrogen (secondary N) is 1. The van der Waals surface area contributed by atoms with Gasteiger partial charge in [0.2, 0.25) is 11.1 Å². The van der Waals surface area contributed by atoms with E-state index in [1.807, 2.05) is 0 Å². The molecule has 4 rings (SSSR count). The van der Waals surface area contributed by atoms with Crippen LogP contribution in [0.5, 0.6) is 0 Å². The maximum Gasteiger partial charge on any atom is 0.313 e. The van der Waals surface area contributed by atoms with Crippen LogP contribution in [0, 0.1) is 17.8 Å². The third-order valence-corrected chi connectivity index (χ3v) is 8.57. The molecule has 0 radical (unpaired) electrons. The highest BCUT2D eigenvalue weighted by molar-refractivity contribution is 8.00. The van der Waals surface area contributed by atoms with Gasteiger partial charge in [-0.2, -0.15) is 0 Å². The van der Waals surface area contributed by atoms with Crippen molar-refractivity contribution >= 4 is 63.6 Å². The Morgan fingerprint density at radius 1 is 1.45 bits per heavy atom. The molecule has 2 unspecified atom stereocenters. The predicted octanol–water partition coefficient (Wildman–Crippen LogP) is -1.21. The van der Waals surface area contributed by atoms with Crippen molar-refractivity contribution in [2.24, 2.45) is 5.41 Å². The Morgan fingerprint density at radius 2 is 2.24 bits per heavy atom. The number of Topliss-reactive ketones (excluding diaryl/α,β-unsaturated/α-hetero) is 1. The van der Waals surface area contributed by atoms with Gasteiger partial charge in [-0.1, -0.05) is 17.7 Å². The first-order valence-corrected chi connectivity index (χ1v) is 12.2. The number of hydrogen-bond acceptors (Lipinski definition) is 12. The lowest BCUT2D eigenvalue weighted by Crippen LogP contribution is -2.74. The van der Waals surface area contributed by atoms with Crippen molar-refractivity contribution in [3.05, 3.63) is 11.1 Å². The molecule has 172 valence electrons. The number of rotatable bonds is 8. The fourth-order valence-electron chi connectivity index (χ4n) is 3.31. The van der Waals surface area contributed by atoms with Crippen LogP contribution in [0.1, 0.15) is 10.5 Å². The van der Waals surface area contributed by atoms with E-state index in [2.05, 4.69) is 31.7 Å². The lowest BCUT2D eigenvalue weighted by atomic mass is 9.89. The summed E-state index contributed by atoms with van der Waals surface area (Å²) in [6.07, 6.45) is 5.28. The summed E-state index contributed by atoms with van der Waals surface area (Å²) in [7, 11) is 0. The van der Waals surface area contributed by atoms with E-state index in [1.165, 1.54) is 26.7 Å². The van der Waals surface area contributed by atoms with Crippen molar-refractivity contribution in [3.63, 3.8) is 0 Å². The number of tetrazole rings is 1. The van der Waals surface area contributed by atoms with E-state index < -0.39 is 40.4 Å². The van der Waals surface area contributed by atoms with Gasteiger partial charge in [0.1, 0.15) is 29.1 Å². The van der Waals surface area contributed by atoms with Crippen LogP contribution in [0.15, 0.2) is 10.5 Å². The number of anilines is 1. The number of aromatic nitrogens is 5. The predicted molar refractivity (Wildman–Crippen MR) is 118 cm³/mol. The topological polar surface area (TPSA) is 186 Å². The molecule has 2 aromatic heterocycles. The molecule has 16 heteroatoms. The maximum absolute atomic E-state index is 12.7. The van der Waals surface area contributed by atoms with Gasteiger partial charge in [-0.05, 0) is 10.4 Å². The number of nitrogens with zero attached hydrogens (tertiary/aromatic N) is 6. The van der Waals surface area contributed by atoms with Crippen molar-refractivity contribution < 1.29 is 24.3 Å². The Bertz CT molecular complexity index is 1180. The number of carbonyl (C=O) groups is 4. The maximum atomic E-state index is 12.7. The number of aliphatic carboxylic acids is 1. The molecular weight excluding hydrogens is 492 g/mol. The summed E-state index contributed by atoms with van der Waals surface area (Å²) < 4.78 is 1.38. The zero-order valence-electron chi connectivity index (χ0n) is 16.7. The monoisotopic (exact) mass is 508 g/mol. The van der Waals surface area contributed by atoms with E-state index in [0.29, 0.717) is 5.16 Å². The van der Waals surface area contributed by atoms with E-state index in [1.54, 1.807) is 0 Å². The average molecular weight is 509 g/mol. The molecular formula is C17H16N8O5S3. The van der Waals surface area contributed by atoms with E-state index >= 15 is 0 Å². The minimum Gasteiger partial charge on any atom is -0.481 e. The second kappa shape index (κ2) is 9.00. The number of thiazole rings is 1. The number of thioether (sulfide) groups is 2. The van der Waals surface area contributed by atoms with Crippen molar-refractivity contribution in [1.29, 1.82) is 0 Å². The molecule has 0 spiro atoms. The third kappa shape index (κ3) is 4.26. The standard InChI is InChI=1S/C17H16N8O5S3/c1-2-3-25-16(21-22-23-25)33-7-17(14(29)30)5-24-12(28)9(13(24)32-6-17)20-11(27)10(26)8-4-31-15(18)19-8/h1,4,9,13H,3,5-7H2,(H2,18,19)(H,20,27)(H,29,30)/t9?,13-,17?/m1/s1. The number of carboxylic acid groups (broad SMARTS) is 1. The zero-order chi connectivity index (χ0) is 23.8.